The summed E-state index contributed by atoms with van der Waals surface area (Å²) < 4.78 is 66.0. The van der Waals surface area contributed by atoms with Crippen molar-refractivity contribution in [2.24, 2.45) is 0 Å². The second-order valence-electron chi connectivity index (χ2n) is 11.6. The third-order valence-corrected chi connectivity index (χ3v) is 12.2. The van der Waals surface area contributed by atoms with E-state index in [1.807, 2.05) is 12.1 Å². The summed E-state index contributed by atoms with van der Waals surface area (Å²) in [5, 5.41) is 13.8. The van der Waals surface area contributed by atoms with Crippen LogP contribution in [0, 0.1) is 0 Å². The summed E-state index contributed by atoms with van der Waals surface area (Å²) in [6, 6.07) is 11.9. The Kier molecular flexibility index (Phi) is 9.10. The molecule has 2 aromatic rings. The minimum atomic E-state index is -3.57. The van der Waals surface area contributed by atoms with E-state index in [4.69, 9.17) is 9.47 Å². The molecule has 12 heteroatoms. The van der Waals surface area contributed by atoms with Crippen LogP contribution >= 0.6 is 0 Å². The quantitative estimate of drug-likeness (QED) is 0.421. The number of nitrogens with zero attached hydrogens (tertiary/aromatic N) is 2. The third kappa shape index (κ3) is 6.79. The van der Waals surface area contributed by atoms with Gasteiger partial charge in [-0.05, 0) is 80.3 Å². The second-order valence-corrected chi connectivity index (χ2v) is 15.7. The first-order valence-corrected chi connectivity index (χ1v) is 17.2. The molecule has 226 valence electrons. The smallest absolute Gasteiger partial charge is 0.243 e. The molecule has 5 rings (SSSR count). The Labute approximate surface area is 243 Å². The molecule has 1 spiro atoms. The number of aryl methyl sites for hydroxylation is 2. The fourth-order valence-electron chi connectivity index (χ4n) is 5.97. The van der Waals surface area contributed by atoms with E-state index in [1.54, 1.807) is 22.5 Å². The van der Waals surface area contributed by atoms with Gasteiger partial charge in [-0.2, -0.15) is 4.31 Å². The van der Waals surface area contributed by atoms with E-state index in [0.717, 1.165) is 42.0 Å². The Hall–Kier alpha value is -2.06. The minimum Gasteiger partial charge on any atom is -0.491 e. The lowest BCUT2D eigenvalue weighted by Crippen LogP contribution is -2.47. The van der Waals surface area contributed by atoms with Crippen molar-refractivity contribution >= 4 is 20.0 Å². The van der Waals surface area contributed by atoms with Crippen LogP contribution in [0.4, 0.5) is 0 Å². The molecule has 2 atom stereocenters. The van der Waals surface area contributed by atoms with E-state index in [2.05, 4.69) is 5.32 Å². The first-order valence-electron chi connectivity index (χ1n) is 14.3. The van der Waals surface area contributed by atoms with Crippen molar-refractivity contribution in [3.8, 4) is 5.75 Å². The standard InChI is InChI=1S/C29H41N3O7S2/c1-31(2)40(34,35)27-9-5-8-26(17-27)38-21-25(33)19-30-24-18-29(39-20-24)12-14-32(15-13-29)41(36,37)28-11-10-22-6-3-4-7-23(22)16-28/h5,8-11,16-17,24-25,30,33H,3-4,6-7,12-15,18-21H2,1-2H3/t24?,25-/m0/s1. The summed E-state index contributed by atoms with van der Waals surface area (Å²) in [4.78, 5) is 0.519. The van der Waals surface area contributed by atoms with Crippen molar-refractivity contribution in [3.05, 3.63) is 53.6 Å². The second kappa shape index (κ2) is 12.3. The molecule has 0 amide bonds. The summed E-state index contributed by atoms with van der Waals surface area (Å²) in [5.41, 5.74) is 2.07. The Morgan fingerprint density at radius 2 is 1.78 bits per heavy atom. The number of fused-ring (bicyclic) bond motifs is 1. The number of aliphatic hydroxyl groups excluding tert-OH is 1. The lowest BCUT2D eigenvalue weighted by Gasteiger charge is -2.38. The van der Waals surface area contributed by atoms with Crippen LogP contribution in [0.25, 0.3) is 0 Å². The largest absolute Gasteiger partial charge is 0.491 e. The average Bonchev–Trinajstić information content (AvgIpc) is 3.37. The molecule has 2 fully saturated rings. The highest BCUT2D eigenvalue weighted by atomic mass is 32.2. The van der Waals surface area contributed by atoms with Crippen LogP contribution in [0.1, 0.15) is 43.2 Å². The normalized spacial score (nSPS) is 22.1. The number of hydrogen-bond donors (Lipinski definition) is 2. The zero-order valence-electron chi connectivity index (χ0n) is 23.8. The van der Waals surface area contributed by atoms with Gasteiger partial charge in [-0.25, -0.2) is 21.1 Å². The van der Waals surface area contributed by atoms with E-state index in [9.17, 15) is 21.9 Å². The van der Waals surface area contributed by atoms with Crippen molar-refractivity contribution in [1.29, 1.82) is 0 Å². The zero-order valence-corrected chi connectivity index (χ0v) is 25.4. The van der Waals surface area contributed by atoms with E-state index in [0.29, 0.717) is 49.7 Å². The van der Waals surface area contributed by atoms with Gasteiger partial charge < -0.3 is 19.9 Å². The molecule has 3 aliphatic rings. The molecule has 2 heterocycles. The summed E-state index contributed by atoms with van der Waals surface area (Å²) in [6.07, 6.45) is 5.45. The molecule has 2 aliphatic heterocycles. The number of piperidine rings is 1. The van der Waals surface area contributed by atoms with E-state index < -0.39 is 26.2 Å². The van der Waals surface area contributed by atoms with Gasteiger partial charge in [0.25, 0.3) is 0 Å². The molecule has 41 heavy (non-hydrogen) atoms. The molecule has 0 saturated carbocycles. The fraction of sp³-hybridized carbons (Fsp3) is 0.586. The Morgan fingerprint density at radius 1 is 1.05 bits per heavy atom. The van der Waals surface area contributed by atoms with Gasteiger partial charge >= 0.3 is 0 Å². The molecule has 2 N–H and O–H groups in total. The van der Waals surface area contributed by atoms with Gasteiger partial charge in [0.15, 0.2) is 0 Å². The van der Waals surface area contributed by atoms with E-state index in [1.165, 1.54) is 31.8 Å². The summed E-state index contributed by atoms with van der Waals surface area (Å²) in [6.45, 7) is 1.64. The predicted octanol–water partition coefficient (Wildman–Crippen LogP) is 2.16. The molecule has 0 aromatic heterocycles. The molecule has 10 nitrogen and oxygen atoms in total. The minimum absolute atomic E-state index is 0.00665. The van der Waals surface area contributed by atoms with Gasteiger partial charge in [0.05, 0.1) is 22.0 Å². The molecule has 2 aromatic carbocycles. The monoisotopic (exact) mass is 607 g/mol. The number of sulfonamides is 2. The van der Waals surface area contributed by atoms with Gasteiger partial charge in [0, 0.05) is 45.8 Å². The van der Waals surface area contributed by atoms with Gasteiger partial charge in [-0.15, -0.1) is 0 Å². The predicted molar refractivity (Wildman–Crippen MR) is 155 cm³/mol. The maximum Gasteiger partial charge on any atom is 0.243 e. The van der Waals surface area contributed by atoms with Crippen molar-refractivity contribution in [1.82, 2.24) is 13.9 Å². The van der Waals surface area contributed by atoms with Crippen molar-refractivity contribution in [3.63, 3.8) is 0 Å². The highest BCUT2D eigenvalue weighted by molar-refractivity contribution is 7.89. The van der Waals surface area contributed by atoms with Crippen LogP contribution in [-0.2, 0) is 37.6 Å². The first kappa shape index (κ1) is 30.4. The SMILES string of the molecule is CN(C)S(=O)(=O)c1cccc(OC[C@@H](O)CNC2COC3(CCN(S(=O)(=O)c4ccc5c(c4)CCCC5)CC3)C2)c1. The Bertz CT molecular complexity index is 1440. The highest BCUT2D eigenvalue weighted by Gasteiger charge is 2.44. The molecule has 1 aliphatic carbocycles. The number of benzene rings is 2. The Morgan fingerprint density at radius 3 is 2.51 bits per heavy atom. The van der Waals surface area contributed by atoms with Crippen molar-refractivity contribution in [2.45, 2.75) is 72.5 Å². The molecule has 2 saturated heterocycles. The average molecular weight is 608 g/mol. The van der Waals surface area contributed by atoms with E-state index in [-0.39, 0.29) is 23.1 Å². The van der Waals surface area contributed by atoms with Crippen molar-refractivity contribution < 1.29 is 31.4 Å². The summed E-state index contributed by atoms with van der Waals surface area (Å²) >= 11 is 0. The van der Waals surface area contributed by atoms with Crippen LogP contribution in [0.15, 0.2) is 52.3 Å². The number of aliphatic hydroxyl groups is 1. The topological polar surface area (TPSA) is 125 Å². The van der Waals surface area contributed by atoms with Crippen molar-refractivity contribution in [2.75, 3.05) is 46.9 Å². The number of nitrogens with one attached hydrogen (secondary N) is 1. The Balaban J connectivity index is 1.08. The van der Waals surface area contributed by atoms with Crippen LogP contribution < -0.4 is 10.1 Å². The number of hydrogen-bond acceptors (Lipinski definition) is 8. The van der Waals surface area contributed by atoms with Gasteiger partial charge in [-0.3, -0.25) is 0 Å². The van der Waals surface area contributed by atoms with E-state index >= 15 is 0 Å². The number of rotatable bonds is 10. The van der Waals surface area contributed by atoms with Crippen LogP contribution in [-0.4, -0.2) is 95.2 Å². The van der Waals surface area contributed by atoms with Gasteiger partial charge in [0.1, 0.15) is 18.5 Å². The lowest BCUT2D eigenvalue weighted by molar-refractivity contribution is -0.0312. The van der Waals surface area contributed by atoms with Crippen LogP contribution in [0.3, 0.4) is 0 Å². The van der Waals surface area contributed by atoms with Gasteiger partial charge in [-0.1, -0.05) is 12.1 Å². The third-order valence-electron chi connectivity index (χ3n) is 8.47. The molecule has 1 unspecified atom stereocenters. The first-order chi connectivity index (χ1) is 19.5. The summed E-state index contributed by atoms with van der Waals surface area (Å²) in [5.74, 6) is 0.368. The molecular weight excluding hydrogens is 566 g/mol. The maximum absolute atomic E-state index is 13.4. The summed E-state index contributed by atoms with van der Waals surface area (Å²) in [7, 11) is -4.18. The zero-order chi connectivity index (χ0) is 29.3. The fourth-order valence-corrected chi connectivity index (χ4v) is 8.40. The highest BCUT2D eigenvalue weighted by Crippen LogP contribution is 2.37. The van der Waals surface area contributed by atoms with Gasteiger partial charge in [0.2, 0.25) is 20.0 Å². The lowest BCUT2D eigenvalue weighted by atomic mass is 9.88. The molecule has 0 radical (unpaired) electrons. The maximum atomic E-state index is 13.4. The van der Waals surface area contributed by atoms with Crippen LogP contribution in [0.5, 0.6) is 5.75 Å². The number of ether oxygens (including phenoxy) is 2. The van der Waals surface area contributed by atoms with Crippen LogP contribution in [0.2, 0.25) is 0 Å². The molecular formula is C29H41N3O7S2. The molecule has 0 bridgehead atoms.